The number of nitrogens with one attached hydrogen (secondary N) is 2. The smallest absolute Gasteiger partial charge is 0.191 e. The molecule has 1 aliphatic heterocycles. The standard InChI is InChI=1S/C19H35N3O2S/c1-14-7-8-17(11-14)21-19(22-18-6-4-3-5-15(18)2)20-12-16-9-10-25(23,24)13-16/h14-18H,3-13H2,1-2H3,(H2,20,21,22). The lowest BCUT2D eigenvalue weighted by molar-refractivity contribution is 0.305. The maximum absolute atomic E-state index is 11.7. The van der Waals surface area contributed by atoms with Gasteiger partial charge in [0.1, 0.15) is 0 Å². The molecule has 3 aliphatic rings. The number of aliphatic imine (C=N–C) groups is 1. The summed E-state index contributed by atoms with van der Waals surface area (Å²) in [5, 5.41) is 7.33. The Kier molecular flexibility index (Phi) is 6.29. The van der Waals surface area contributed by atoms with Crippen molar-refractivity contribution < 1.29 is 8.42 Å². The van der Waals surface area contributed by atoms with E-state index in [0.29, 0.717) is 36.1 Å². The number of hydrogen-bond acceptors (Lipinski definition) is 3. The van der Waals surface area contributed by atoms with E-state index in [9.17, 15) is 8.42 Å². The fourth-order valence-electron chi connectivity index (χ4n) is 4.61. The largest absolute Gasteiger partial charge is 0.354 e. The summed E-state index contributed by atoms with van der Waals surface area (Å²) in [5.41, 5.74) is 0. The molecule has 0 spiro atoms. The summed E-state index contributed by atoms with van der Waals surface area (Å²) in [6, 6.07) is 0.999. The molecular weight excluding hydrogens is 334 g/mol. The summed E-state index contributed by atoms with van der Waals surface area (Å²) in [5.74, 6) is 3.22. The van der Waals surface area contributed by atoms with Crippen LogP contribution in [0.4, 0.5) is 0 Å². The first kappa shape index (κ1) is 19.0. The van der Waals surface area contributed by atoms with E-state index in [-0.39, 0.29) is 5.92 Å². The minimum atomic E-state index is -2.82. The highest BCUT2D eigenvalue weighted by atomic mass is 32.2. The van der Waals surface area contributed by atoms with Crippen LogP contribution in [-0.2, 0) is 9.84 Å². The Hall–Kier alpha value is -0.780. The van der Waals surface area contributed by atoms with Crippen molar-refractivity contribution in [3.05, 3.63) is 0 Å². The molecular formula is C19H35N3O2S. The lowest BCUT2D eigenvalue weighted by Gasteiger charge is -2.31. The average Bonchev–Trinajstić information content (AvgIpc) is 3.12. The van der Waals surface area contributed by atoms with E-state index in [0.717, 1.165) is 18.3 Å². The number of hydrogen-bond donors (Lipinski definition) is 2. The van der Waals surface area contributed by atoms with Crippen LogP contribution in [0.2, 0.25) is 0 Å². The zero-order valence-electron chi connectivity index (χ0n) is 15.8. The molecule has 25 heavy (non-hydrogen) atoms. The normalized spacial score (nSPS) is 38.6. The fourth-order valence-corrected chi connectivity index (χ4v) is 6.46. The second kappa shape index (κ2) is 8.28. The molecule has 0 radical (unpaired) electrons. The van der Waals surface area contributed by atoms with Crippen LogP contribution < -0.4 is 10.6 Å². The summed E-state index contributed by atoms with van der Waals surface area (Å²) >= 11 is 0. The van der Waals surface area contributed by atoms with Crippen LogP contribution in [0.25, 0.3) is 0 Å². The lowest BCUT2D eigenvalue weighted by Crippen LogP contribution is -2.49. The van der Waals surface area contributed by atoms with E-state index in [4.69, 9.17) is 4.99 Å². The zero-order chi connectivity index (χ0) is 17.9. The van der Waals surface area contributed by atoms with Gasteiger partial charge in [0.25, 0.3) is 0 Å². The van der Waals surface area contributed by atoms with E-state index in [2.05, 4.69) is 24.5 Å². The number of sulfone groups is 1. The third kappa shape index (κ3) is 5.60. The topological polar surface area (TPSA) is 70.6 Å². The van der Waals surface area contributed by atoms with Gasteiger partial charge in [0.15, 0.2) is 15.8 Å². The van der Waals surface area contributed by atoms with Crippen molar-refractivity contribution in [2.45, 2.75) is 77.3 Å². The minimum absolute atomic E-state index is 0.190. The predicted molar refractivity (Wildman–Crippen MR) is 104 cm³/mol. The molecule has 0 aromatic carbocycles. The van der Waals surface area contributed by atoms with E-state index in [1.165, 1.54) is 44.9 Å². The van der Waals surface area contributed by atoms with E-state index in [1.54, 1.807) is 0 Å². The molecule has 1 saturated heterocycles. The molecule has 0 aromatic heterocycles. The third-order valence-electron chi connectivity index (χ3n) is 6.30. The van der Waals surface area contributed by atoms with E-state index < -0.39 is 9.84 Å². The van der Waals surface area contributed by atoms with Gasteiger partial charge in [-0.2, -0.15) is 0 Å². The van der Waals surface area contributed by atoms with Gasteiger partial charge in [0, 0.05) is 18.6 Å². The van der Waals surface area contributed by atoms with Crippen LogP contribution in [0.5, 0.6) is 0 Å². The van der Waals surface area contributed by atoms with Crippen LogP contribution in [0, 0.1) is 17.8 Å². The molecule has 6 heteroatoms. The minimum Gasteiger partial charge on any atom is -0.354 e. The van der Waals surface area contributed by atoms with Gasteiger partial charge in [0.2, 0.25) is 0 Å². The first-order valence-corrected chi connectivity index (χ1v) is 12.0. The second-order valence-corrected chi connectivity index (χ2v) is 11.0. The van der Waals surface area contributed by atoms with Gasteiger partial charge in [0.05, 0.1) is 11.5 Å². The zero-order valence-corrected chi connectivity index (χ0v) is 16.7. The van der Waals surface area contributed by atoms with Gasteiger partial charge in [-0.05, 0) is 56.3 Å². The highest BCUT2D eigenvalue weighted by molar-refractivity contribution is 7.91. The Bertz CT molecular complexity index is 575. The Morgan fingerprint density at radius 2 is 1.84 bits per heavy atom. The Morgan fingerprint density at radius 3 is 2.48 bits per heavy atom. The van der Waals surface area contributed by atoms with Crippen LogP contribution in [-0.4, -0.2) is 44.5 Å². The van der Waals surface area contributed by atoms with Crippen LogP contribution >= 0.6 is 0 Å². The molecule has 0 amide bonds. The summed E-state index contributed by atoms with van der Waals surface area (Å²) in [6.45, 7) is 5.27. The van der Waals surface area contributed by atoms with Crippen LogP contribution in [0.15, 0.2) is 4.99 Å². The number of guanidine groups is 1. The van der Waals surface area contributed by atoms with Crippen molar-refractivity contribution in [2.24, 2.45) is 22.7 Å². The van der Waals surface area contributed by atoms with Gasteiger partial charge in [-0.1, -0.05) is 26.7 Å². The quantitative estimate of drug-likeness (QED) is 0.590. The van der Waals surface area contributed by atoms with Gasteiger partial charge < -0.3 is 10.6 Å². The Labute approximate surface area is 153 Å². The van der Waals surface area contributed by atoms with Gasteiger partial charge in [-0.3, -0.25) is 4.99 Å². The molecule has 5 atom stereocenters. The number of rotatable bonds is 4. The molecule has 3 rings (SSSR count). The second-order valence-electron chi connectivity index (χ2n) is 8.73. The van der Waals surface area contributed by atoms with Crippen molar-refractivity contribution in [1.29, 1.82) is 0 Å². The van der Waals surface area contributed by atoms with Crippen LogP contribution in [0.3, 0.4) is 0 Å². The molecule has 5 nitrogen and oxygen atoms in total. The van der Waals surface area contributed by atoms with Crippen molar-refractivity contribution in [3.8, 4) is 0 Å². The van der Waals surface area contributed by atoms with Crippen LogP contribution in [0.1, 0.15) is 65.2 Å². The molecule has 1 heterocycles. The molecule has 2 N–H and O–H groups in total. The monoisotopic (exact) mass is 369 g/mol. The van der Waals surface area contributed by atoms with Gasteiger partial charge in [-0.25, -0.2) is 8.42 Å². The first-order chi connectivity index (χ1) is 11.9. The number of nitrogens with zero attached hydrogens (tertiary/aromatic N) is 1. The molecule has 2 aliphatic carbocycles. The molecule has 0 aromatic rings. The van der Waals surface area contributed by atoms with Crippen molar-refractivity contribution in [2.75, 3.05) is 18.1 Å². The maximum atomic E-state index is 11.7. The summed E-state index contributed by atoms with van der Waals surface area (Å²) in [7, 11) is -2.82. The fraction of sp³-hybridized carbons (Fsp3) is 0.947. The third-order valence-corrected chi connectivity index (χ3v) is 8.14. The van der Waals surface area contributed by atoms with Gasteiger partial charge in [-0.15, -0.1) is 0 Å². The average molecular weight is 370 g/mol. The van der Waals surface area contributed by atoms with Crippen molar-refractivity contribution in [1.82, 2.24) is 10.6 Å². The highest BCUT2D eigenvalue weighted by Crippen LogP contribution is 2.26. The van der Waals surface area contributed by atoms with E-state index in [1.807, 2.05) is 0 Å². The maximum Gasteiger partial charge on any atom is 0.191 e. The Morgan fingerprint density at radius 1 is 1.04 bits per heavy atom. The highest BCUT2D eigenvalue weighted by Gasteiger charge is 2.29. The van der Waals surface area contributed by atoms with Crippen molar-refractivity contribution >= 4 is 15.8 Å². The lowest BCUT2D eigenvalue weighted by atomic mass is 9.86. The molecule has 2 saturated carbocycles. The molecule has 144 valence electrons. The van der Waals surface area contributed by atoms with Crippen molar-refractivity contribution in [3.63, 3.8) is 0 Å². The first-order valence-electron chi connectivity index (χ1n) is 10.2. The SMILES string of the molecule is CC1CCC(NC(=NCC2CCS(=O)(=O)C2)NC2CCCCC2C)C1. The molecule has 0 bridgehead atoms. The molecule has 3 fully saturated rings. The predicted octanol–water partition coefficient (Wildman–Crippen LogP) is 2.72. The summed E-state index contributed by atoms with van der Waals surface area (Å²) in [6.07, 6.45) is 9.58. The summed E-state index contributed by atoms with van der Waals surface area (Å²) in [4.78, 5) is 4.82. The van der Waals surface area contributed by atoms with Gasteiger partial charge >= 0.3 is 0 Å². The molecule has 5 unspecified atom stereocenters. The van der Waals surface area contributed by atoms with E-state index >= 15 is 0 Å². The Balaban J connectivity index is 1.61. The summed E-state index contributed by atoms with van der Waals surface area (Å²) < 4.78 is 23.4.